The quantitative estimate of drug-likeness (QED) is 0.765. The largest absolute Gasteiger partial charge is 0.316 e. The second-order valence-electron chi connectivity index (χ2n) is 5.81. The lowest BCUT2D eigenvalue weighted by Gasteiger charge is -2.24. The Morgan fingerprint density at radius 3 is 2.73 bits per heavy atom. The zero-order chi connectivity index (χ0) is 15.8. The third-order valence-electron chi connectivity index (χ3n) is 4.13. The van der Waals surface area contributed by atoms with Gasteiger partial charge in [-0.1, -0.05) is 37.3 Å². The van der Waals surface area contributed by atoms with Gasteiger partial charge in [0.15, 0.2) is 0 Å². The summed E-state index contributed by atoms with van der Waals surface area (Å²) in [5, 5.41) is 3.36. The molecular weight excluding hydrogens is 298 g/mol. The molecule has 0 spiro atoms. The van der Waals surface area contributed by atoms with Gasteiger partial charge in [-0.25, -0.2) is 4.72 Å². The van der Waals surface area contributed by atoms with E-state index in [1.165, 1.54) is 17.1 Å². The van der Waals surface area contributed by atoms with Gasteiger partial charge < -0.3 is 5.32 Å². The van der Waals surface area contributed by atoms with Crippen molar-refractivity contribution in [1.29, 1.82) is 0 Å². The number of hydrogen-bond acceptors (Lipinski definition) is 3. The maximum absolute atomic E-state index is 12.4. The Labute approximate surface area is 134 Å². The van der Waals surface area contributed by atoms with Crippen LogP contribution >= 0.6 is 0 Å². The Hall–Kier alpha value is -0.950. The highest BCUT2D eigenvalue weighted by Crippen LogP contribution is 2.14. The SMILES string of the molecule is CCN(Cc1ccccc1)S(=O)(=O)NCCC1CCCNC1. The molecule has 1 saturated heterocycles. The molecule has 1 unspecified atom stereocenters. The van der Waals surface area contributed by atoms with E-state index in [4.69, 9.17) is 0 Å². The van der Waals surface area contributed by atoms with Crippen molar-refractivity contribution in [3.05, 3.63) is 35.9 Å². The first-order valence-electron chi connectivity index (χ1n) is 8.11. The van der Waals surface area contributed by atoms with Crippen molar-refractivity contribution in [2.45, 2.75) is 32.7 Å². The predicted molar refractivity (Wildman–Crippen MR) is 89.7 cm³/mol. The van der Waals surface area contributed by atoms with Crippen LogP contribution in [0.5, 0.6) is 0 Å². The van der Waals surface area contributed by atoms with Crippen LogP contribution in [0.15, 0.2) is 30.3 Å². The van der Waals surface area contributed by atoms with Gasteiger partial charge in [0.1, 0.15) is 0 Å². The molecule has 2 rings (SSSR count). The zero-order valence-electron chi connectivity index (χ0n) is 13.3. The minimum atomic E-state index is -3.41. The standard InChI is InChI=1S/C16H27N3O2S/c1-2-19(14-16-7-4-3-5-8-16)22(20,21)18-12-10-15-9-6-11-17-13-15/h3-5,7-8,15,17-18H,2,6,9-14H2,1H3. The van der Waals surface area contributed by atoms with E-state index in [0.29, 0.717) is 25.6 Å². The fraction of sp³-hybridized carbons (Fsp3) is 0.625. The molecule has 1 heterocycles. The van der Waals surface area contributed by atoms with Crippen LogP contribution in [0.25, 0.3) is 0 Å². The van der Waals surface area contributed by atoms with Gasteiger partial charge in [0.2, 0.25) is 0 Å². The Morgan fingerprint density at radius 1 is 1.32 bits per heavy atom. The van der Waals surface area contributed by atoms with Crippen molar-refractivity contribution < 1.29 is 8.42 Å². The molecule has 0 saturated carbocycles. The monoisotopic (exact) mass is 325 g/mol. The number of piperidine rings is 1. The van der Waals surface area contributed by atoms with Crippen LogP contribution in [0, 0.1) is 5.92 Å². The molecular formula is C16H27N3O2S. The lowest BCUT2D eigenvalue weighted by Crippen LogP contribution is -2.41. The van der Waals surface area contributed by atoms with Gasteiger partial charge in [0.05, 0.1) is 0 Å². The fourth-order valence-electron chi connectivity index (χ4n) is 2.81. The fourth-order valence-corrected chi connectivity index (χ4v) is 4.02. The number of hydrogen-bond donors (Lipinski definition) is 2. The zero-order valence-corrected chi connectivity index (χ0v) is 14.1. The maximum Gasteiger partial charge on any atom is 0.279 e. The molecule has 0 radical (unpaired) electrons. The van der Waals surface area contributed by atoms with Crippen LogP contribution in [0.3, 0.4) is 0 Å². The average molecular weight is 325 g/mol. The summed E-state index contributed by atoms with van der Waals surface area (Å²) in [6.45, 7) is 5.35. The highest BCUT2D eigenvalue weighted by molar-refractivity contribution is 7.87. The third kappa shape index (κ3) is 5.35. The first kappa shape index (κ1) is 17.4. The smallest absolute Gasteiger partial charge is 0.279 e. The van der Waals surface area contributed by atoms with Crippen molar-refractivity contribution >= 4 is 10.2 Å². The Morgan fingerprint density at radius 2 is 2.09 bits per heavy atom. The van der Waals surface area contributed by atoms with E-state index in [1.54, 1.807) is 0 Å². The lowest BCUT2D eigenvalue weighted by atomic mass is 9.96. The molecule has 1 aromatic carbocycles. The van der Waals surface area contributed by atoms with Crippen LogP contribution < -0.4 is 10.0 Å². The summed E-state index contributed by atoms with van der Waals surface area (Å²) in [5.74, 6) is 0.584. The Balaban J connectivity index is 1.84. The molecule has 1 fully saturated rings. The average Bonchev–Trinajstić information content (AvgIpc) is 2.54. The molecule has 6 heteroatoms. The normalized spacial score (nSPS) is 19.5. The van der Waals surface area contributed by atoms with E-state index in [9.17, 15) is 8.42 Å². The molecule has 22 heavy (non-hydrogen) atoms. The molecule has 0 aromatic heterocycles. The third-order valence-corrected chi connectivity index (χ3v) is 5.77. The van der Waals surface area contributed by atoms with Crippen molar-refractivity contribution in [3.8, 4) is 0 Å². The van der Waals surface area contributed by atoms with E-state index in [2.05, 4.69) is 10.0 Å². The molecule has 1 atom stereocenters. The van der Waals surface area contributed by atoms with Gasteiger partial charge in [0.25, 0.3) is 10.2 Å². The first-order valence-corrected chi connectivity index (χ1v) is 9.55. The molecule has 0 aliphatic carbocycles. The van der Waals surface area contributed by atoms with Crippen molar-refractivity contribution in [3.63, 3.8) is 0 Å². The Bertz CT molecular complexity index is 528. The summed E-state index contributed by atoms with van der Waals surface area (Å²) in [6.07, 6.45) is 3.28. The van der Waals surface area contributed by atoms with Gasteiger partial charge >= 0.3 is 0 Å². The van der Waals surface area contributed by atoms with Crippen LogP contribution in [0.4, 0.5) is 0 Å². The molecule has 1 aliphatic rings. The van der Waals surface area contributed by atoms with Gasteiger partial charge in [0, 0.05) is 19.6 Å². The van der Waals surface area contributed by atoms with Crippen molar-refractivity contribution in [2.24, 2.45) is 5.92 Å². The summed E-state index contributed by atoms with van der Waals surface area (Å²) in [7, 11) is -3.41. The van der Waals surface area contributed by atoms with E-state index < -0.39 is 10.2 Å². The number of nitrogens with one attached hydrogen (secondary N) is 2. The van der Waals surface area contributed by atoms with Gasteiger partial charge in [-0.2, -0.15) is 12.7 Å². The molecule has 1 aromatic rings. The summed E-state index contributed by atoms with van der Waals surface area (Å²) < 4.78 is 29.0. The van der Waals surface area contributed by atoms with E-state index in [0.717, 1.165) is 25.1 Å². The number of benzene rings is 1. The van der Waals surface area contributed by atoms with Crippen molar-refractivity contribution in [2.75, 3.05) is 26.2 Å². The van der Waals surface area contributed by atoms with Gasteiger partial charge in [-0.3, -0.25) is 0 Å². The summed E-state index contributed by atoms with van der Waals surface area (Å²) in [5.41, 5.74) is 1.01. The summed E-state index contributed by atoms with van der Waals surface area (Å²) in [4.78, 5) is 0. The number of rotatable bonds is 8. The first-order chi connectivity index (χ1) is 10.6. The van der Waals surface area contributed by atoms with E-state index >= 15 is 0 Å². The summed E-state index contributed by atoms with van der Waals surface area (Å²) >= 11 is 0. The molecule has 1 aliphatic heterocycles. The van der Waals surface area contributed by atoms with Crippen LogP contribution in [-0.4, -0.2) is 38.9 Å². The van der Waals surface area contributed by atoms with Crippen molar-refractivity contribution in [1.82, 2.24) is 14.3 Å². The van der Waals surface area contributed by atoms with E-state index in [1.807, 2.05) is 37.3 Å². The van der Waals surface area contributed by atoms with Crippen LogP contribution in [0.2, 0.25) is 0 Å². The minimum Gasteiger partial charge on any atom is -0.316 e. The molecule has 2 N–H and O–H groups in total. The molecule has 124 valence electrons. The second kappa shape index (κ2) is 8.62. The highest BCUT2D eigenvalue weighted by atomic mass is 32.2. The van der Waals surface area contributed by atoms with Gasteiger partial charge in [-0.15, -0.1) is 0 Å². The van der Waals surface area contributed by atoms with Gasteiger partial charge in [-0.05, 0) is 43.8 Å². The number of nitrogens with zero attached hydrogens (tertiary/aromatic N) is 1. The highest BCUT2D eigenvalue weighted by Gasteiger charge is 2.21. The molecule has 0 bridgehead atoms. The minimum absolute atomic E-state index is 0.414. The molecule has 0 amide bonds. The summed E-state index contributed by atoms with van der Waals surface area (Å²) in [6, 6.07) is 9.70. The maximum atomic E-state index is 12.4. The van der Waals surface area contributed by atoms with Crippen LogP contribution in [0.1, 0.15) is 31.7 Å². The topological polar surface area (TPSA) is 61.4 Å². The van der Waals surface area contributed by atoms with Crippen LogP contribution in [-0.2, 0) is 16.8 Å². The second-order valence-corrected chi connectivity index (χ2v) is 7.57. The predicted octanol–water partition coefficient (Wildman–Crippen LogP) is 1.73. The Kier molecular flexibility index (Phi) is 6.82. The molecule has 5 nitrogen and oxygen atoms in total. The lowest BCUT2D eigenvalue weighted by molar-refractivity contribution is 0.354. The van der Waals surface area contributed by atoms with E-state index in [-0.39, 0.29) is 0 Å².